The highest BCUT2D eigenvalue weighted by molar-refractivity contribution is 7.81. The lowest BCUT2D eigenvalue weighted by Gasteiger charge is -2.18. The van der Waals surface area contributed by atoms with Crippen LogP contribution in [0.25, 0.3) is 0 Å². The van der Waals surface area contributed by atoms with Gasteiger partial charge in [0.05, 0.1) is 6.42 Å². The Labute approximate surface area is 205 Å². The third-order valence-corrected chi connectivity index (χ3v) is 4.97. The monoisotopic (exact) mass is 535 g/mol. The van der Waals surface area contributed by atoms with Crippen LogP contribution in [0.2, 0.25) is 0 Å². The number of aliphatic carboxylic acids is 3. The molecule has 0 aliphatic heterocycles. The second-order valence-corrected chi connectivity index (χ2v) is 8.43. The summed E-state index contributed by atoms with van der Waals surface area (Å²) < 4.78 is 37.4. The molecule has 0 fully saturated rings. The van der Waals surface area contributed by atoms with Gasteiger partial charge in [0.1, 0.15) is 17.8 Å². The molecule has 16 heteroatoms. The zero-order valence-corrected chi connectivity index (χ0v) is 19.6. The first-order chi connectivity index (χ1) is 16.8. The van der Waals surface area contributed by atoms with Crippen molar-refractivity contribution < 1.29 is 55.8 Å². The minimum absolute atomic E-state index is 0.0234. The topological polar surface area (TPSA) is 225 Å². The number of halogens is 1. The molecule has 14 nitrogen and oxygen atoms in total. The summed E-state index contributed by atoms with van der Waals surface area (Å²) in [5.74, 6) is -4.71. The molecule has 0 spiro atoms. The molecule has 0 heterocycles. The smallest absolute Gasteiger partial charge is 0.481 e. The minimum atomic E-state index is -5.15. The molecule has 0 radical (unpaired) electrons. The first-order valence-electron chi connectivity index (χ1n) is 10.5. The summed E-state index contributed by atoms with van der Waals surface area (Å²) in [4.78, 5) is 57.0. The maximum atomic E-state index is 12.5. The summed E-state index contributed by atoms with van der Waals surface area (Å²) in [6.45, 7) is 0.189. The van der Waals surface area contributed by atoms with Gasteiger partial charge in [-0.15, -0.1) is 0 Å². The maximum Gasteiger partial charge on any atom is 0.488 e. The Balaban J connectivity index is 2.39. The second kappa shape index (κ2) is 14.4. The highest BCUT2D eigenvalue weighted by Crippen LogP contribution is 2.15. The van der Waals surface area contributed by atoms with Gasteiger partial charge in [-0.05, 0) is 43.4 Å². The largest absolute Gasteiger partial charge is 0.488 e. The van der Waals surface area contributed by atoms with E-state index in [1.165, 1.54) is 24.3 Å². The van der Waals surface area contributed by atoms with Crippen LogP contribution in [0.3, 0.4) is 0 Å². The molecule has 1 aromatic carbocycles. The zero-order chi connectivity index (χ0) is 27.3. The third-order valence-electron chi connectivity index (χ3n) is 4.58. The SMILES string of the molecule is O=C(O)CC[C@H](NC(=O)N[C@@H](CCCCNC(=O)Cc1ccc(OS(=O)(=O)F)cc1)C(=O)O)C(=O)O. The lowest BCUT2D eigenvalue weighted by molar-refractivity contribution is -0.140. The Kier molecular flexibility index (Phi) is 12.1. The van der Waals surface area contributed by atoms with Crippen LogP contribution in [0.15, 0.2) is 24.3 Å². The van der Waals surface area contributed by atoms with E-state index in [1.54, 1.807) is 0 Å². The Morgan fingerprint density at radius 3 is 1.94 bits per heavy atom. The predicted octanol–water partition coefficient (Wildman–Crippen LogP) is 0.179. The number of unbranched alkanes of at least 4 members (excludes halogenated alkanes) is 1. The van der Waals surface area contributed by atoms with E-state index in [4.69, 9.17) is 10.2 Å². The van der Waals surface area contributed by atoms with Crippen LogP contribution in [-0.4, -0.2) is 72.2 Å². The van der Waals surface area contributed by atoms with E-state index in [0.29, 0.717) is 12.0 Å². The number of hydrogen-bond donors (Lipinski definition) is 6. The quantitative estimate of drug-likeness (QED) is 0.124. The molecule has 1 rings (SSSR count). The number of carbonyl (C=O) groups is 5. The number of nitrogens with one attached hydrogen (secondary N) is 3. The van der Waals surface area contributed by atoms with E-state index >= 15 is 0 Å². The van der Waals surface area contributed by atoms with Crippen molar-refractivity contribution in [3.8, 4) is 5.75 Å². The highest BCUT2D eigenvalue weighted by Gasteiger charge is 2.24. The van der Waals surface area contributed by atoms with E-state index in [0.717, 1.165) is 0 Å². The highest BCUT2D eigenvalue weighted by atomic mass is 32.3. The van der Waals surface area contributed by atoms with Gasteiger partial charge in [-0.25, -0.2) is 14.4 Å². The number of carbonyl (C=O) groups excluding carboxylic acids is 2. The van der Waals surface area contributed by atoms with E-state index in [-0.39, 0.29) is 43.9 Å². The first kappa shape index (κ1) is 30.1. The summed E-state index contributed by atoms with van der Waals surface area (Å²) in [6.07, 6.45) is -0.334. The van der Waals surface area contributed by atoms with Gasteiger partial charge in [0, 0.05) is 13.0 Å². The number of carboxylic acids is 3. The molecule has 200 valence electrons. The molecule has 0 saturated heterocycles. The van der Waals surface area contributed by atoms with Gasteiger partial charge in [0.2, 0.25) is 5.91 Å². The molecular weight excluding hydrogens is 509 g/mol. The molecule has 0 saturated carbocycles. The van der Waals surface area contributed by atoms with Crippen molar-refractivity contribution in [3.63, 3.8) is 0 Å². The van der Waals surface area contributed by atoms with Crippen molar-refractivity contribution in [3.05, 3.63) is 29.8 Å². The second-order valence-electron chi connectivity index (χ2n) is 7.47. The fourth-order valence-corrected chi connectivity index (χ4v) is 3.21. The fourth-order valence-electron chi connectivity index (χ4n) is 2.87. The summed E-state index contributed by atoms with van der Waals surface area (Å²) in [7, 11) is -5.15. The fraction of sp³-hybridized carbons (Fsp3) is 0.450. The van der Waals surface area contributed by atoms with Crippen LogP contribution in [0.1, 0.15) is 37.7 Å². The van der Waals surface area contributed by atoms with Crippen molar-refractivity contribution in [1.82, 2.24) is 16.0 Å². The van der Waals surface area contributed by atoms with E-state index in [9.17, 15) is 41.4 Å². The van der Waals surface area contributed by atoms with Gasteiger partial charge in [-0.1, -0.05) is 16.0 Å². The number of carboxylic acid groups (broad SMARTS) is 3. The van der Waals surface area contributed by atoms with E-state index < -0.39 is 52.9 Å². The number of amides is 3. The molecule has 3 amide bonds. The Morgan fingerprint density at radius 2 is 1.44 bits per heavy atom. The molecule has 0 aliphatic carbocycles. The number of urea groups is 1. The molecule has 2 atom stereocenters. The predicted molar refractivity (Wildman–Crippen MR) is 119 cm³/mol. The van der Waals surface area contributed by atoms with Crippen molar-refractivity contribution in [2.75, 3.05) is 6.54 Å². The Morgan fingerprint density at radius 1 is 0.889 bits per heavy atom. The van der Waals surface area contributed by atoms with E-state index in [1.807, 2.05) is 5.32 Å². The van der Waals surface area contributed by atoms with Gasteiger partial charge >= 0.3 is 34.4 Å². The normalized spacial score (nSPS) is 12.6. The lowest BCUT2D eigenvalue weighted by Crippen LogP contribution is -2.51. The molecular formula is C20H26FN3O11S. The van der Waals surface area contributed by atoms with Crippen molar-refractivity contribution in [2.24, 2.45) is 0 Å². The molecule has 0 bridgehead atoms. The van der Waals surface area contributed by atoms with Gasteiger partial charge in [-0.3, -0.25) is 9.59 Å². The standard InChI is InChI=1S/C20H26FN3O11S/c21-36(33,34)35-13-6-4-12(5-7-13)11-16(25)22-10-2-1-3-14(18(28)29)23-20(32)24-15(19(30)31)8-9-17(26)27/h4-7,14-15H,1-3,8-11H2,(H,22,25)(H,26,27)(H,28,29)(H,30,31)(H2,23,24,32)/t14-,15-/m0/s1. The van der Waals surface area contributed by atoms with Crippen LogP contribution >= 0.6 is 0 Å². The molecule has 0 unspecified atom stereocenters. The minimum Gasteiger partial charge on any atom is -0.481 e. The lowest BCUT2D eigenvalue weighted by atomic mass is 10.1. The molecule has 36 heavy (non-hydrogen) atoms. The molecule has 0 aromatic heterocycles. The summed E-state index contributed by atoms with van der Waals surface area (Å²) >= 11 is 0. The summed E-state index contributed by atoms with van der Waals surface area (Å²) in [6, 6.07) is 1.19. The average Bonchev–Trinajstić information content (AvgIpc) is 2.75. The number of benzene rings is 1. The van der Waals surface area contributed by atoms with Crippen LogP contribution < -0.4 is 20.1 Å². The molecule has 0 aliphatic rings. The van der Waals surface area contributed by atoms with Crippen LogP contribution in [0.4, 0.5) is 8.68 Å². The molecule has 6 N–H and O–H groups in total. The van der Waals surface area contributed by atoms with E-state index in [2.05, 4.69) is 14.8 Å². The Bertz CT molecular complexity index is 1050. The van der Waals surface area contributed by atoms with Gasteiger partial charge in [0.15, 0.2) is 0 Å². The van der Waals surface area contributed by atoms with Crippen LogP contribution in [0.5, 0.6) is 5.75 Å². The zero-order valence-electron chi connectivity index (χ0n) is 18.8. The number of hydrogen-bond acceptors (Lipinski definition) is 8. The average molecular weight is 536 g/mol. The van der Waals surface area contributed by atoms with Gasteiger partial charge in [-0.2, -0.15) is 8.42 Å². The molecule has 1 aromatic rings. The van der Waals surface area contributed by atoms with Gasteiger partial charge < -0.3 is 35.5 Å². The maximum absolute atomic E-state index is 12.5. The van der Waals surface area contributed by atoms with Crippen molar-refractivity contribution in [1.29, 1.82) is 0 Å². The first-order valence-corrected chi connectivity index (χ1v) is 11.8. The van der Waals surface area contributed by atoms with Gasteiger partial charge in [0.25, 0.3) is 0 Å². The Hall–Kier alpha value is -3.95. The summed E-state index contributed by atoms with van der Waals surface area (Å²) in [5.41, 5.74) is 0.500. The van der Waals surface area contributed by atoms with Crippen LogP contribution in [-0.2, 0) is 36.1 Å². The van der Waals surface area contributed by atoms with Crippen molar-refractivity contribution >= 4 is 40.4 Å². The summed E-state index contributed by atoms with van der Waals surface area (Å²) in [5, 5.41) is 33.7. The van der Waals surface area contributed by atoms with Crippen molar-refractivity contribution in [2.45, 2.75) is 50.6 Å². The van der Waals surface area contributed by atoms with Crippen LogP contribution in [0, 0.1) is 0 Å². The number of rotatable bonds is 16. The third kappa shape index (κ3) is 13.1.